The molecule has 3 heterocycles. The van der Waals surface area contributed by atoms with Crippen LogP contribution in [-0.2, 0) is 11.2 Å². The average molecular weight is 402 g/mol. The van der Waals surface area contributed by atoms with Gasteiger partial charge in [0.05, 0.1) is 26.3 Å². The van der Waals surface area contributed by atoms with Crippen LogP contribution in [0.4, 0.5) is 17.3 Å². The number of hydrogen-bond donors (Lipinski definition) is 2. The molecular formula is C22H18N4O4. The minimum absolute atomic E-state index is 0.134. The Balaban J connectivity index is 1.58. The molecule has 150 valence electrons. The first kappa shape index (κ1) is 18.0. The Kier molecular flexibility index (Phi) is 4.24. The predicted molar refractivity (Wildman–Crippen MR) is 112 cm³/mol. The molecule has 2 N–H and O–H groups in total. The third-order valence-electron chi connectivity index (χ3n) is 4.93. The summed E-state index contributed by atoms with van der Waals surface area (Å²) >= 11 is 0. The van der Waals surface area contributed by atoms with Crippen LogP contribution in [0.5, 0.6) is 11.5 Å². The number of amides is 1. The normalized spacial score (nSPS) is 12.5. The Labute approximate surface area is 171 Å². The van der Waals surface area contributed by atoms with Crippen molar-refractivity contribution in [3.8, 4) is 23.0 Å². The molecule has 2 aromatic carbocycles. The van der Waals surface area contributed by atoms with E-state index in [4.69, 9.17) is 13.9 Å². The van der Waals surface area contributed by atoms with Gasteiger partial charge in [-0.1, -0.05) is 12.1 Å². The first-order valence-electron chi connectivity index (χ1n) is 9.33. The Morgan fingerprint density at radius 1 is 1.10 bits per heavy atom. The van der Waals surface area contributed by atoms with Gasteiger partial charge >= 0.3 is 0 Å². The smallest absolute Gasteiger partial charge is 0.229 e. The number of nitrogens with zero attached hydrogens (tertiary/aromatic N) is 2. The van der Waals surface area contributed by atoms with Gasteiger partial charge in [0.2, 0.25) is 11.9 Å². The molecule has 0 saturated heterocycles. The van der Waals surface area contributed by atoms with E-state index in [1.54, 1.807) is 32.5 Å². The number of hydrogen-bond acceptors (Lipinski definition) is 7. The summed E-state index contributed by atoms with van der Waals surface area (Å²) in [4.78, 5) is 21.4. The monoisotopic (exact) mass is 402 g/mol. The number of carbonyl (C=O) groups is 1. The topological polar surface area (TPSA) is 98.5 Å². The average Bonchev–Trinajstić information content (AvgIpc) is 3.06. The van der Waals surface area contributed by atoms with Crippen molar-refractivity contribution in [1.82, 2.24) is 9.97 Å². The number of carbonyl (C=O) groups excluding carboxylic acids is 1. The number of fused-ring (bicyclic) bond motifs is 5. The SMILES string of the molecule is COc1ccc(Nc2ncc3c(n2)-c2oc4ccccc4c2NC(=O)C3)cc1OC. The lowest BCUT2D eigenvalue weighted by molar-refractivity contribution is -0.115. The molecule has 0 aliphatic carbocycles. The molecule has 0 saturated carbocycles. The van der Waals surface area contributed by atoms with Crippen LogP contribution < -0.4 is 20.1 Å². The van der Waals surface area contributed by atoms with Crippen LogP contribution in [-0.4, -0.2) is 30.1 Å². The maximum absolute atomic E-state index is 12.4. The summed E-state index contributed by atoms with van der Waals surface area (Å²) in [7, 11) is 3.16. The lowest BCUT2D eigenvalue weighted by Gasteiger charge is -2.11. The first-order valence-corrected chi connectivity index (χ1v) is 9.33. The van der Waals surface area contributed by atoms with Crippen LogP contribution in [0.3, 0.4) is 0 Å². The summed E-state index contributed by atoms with van der Waals surface area (Å²) in [5, 5.41) is 6.94. The number of ether oxygens (including phenoxy) is 2. The third-order valence-corrected chi connectivity index (χ3v) is 4.93. The zero-order valence-corrected chi connectivity index (χ0v) is 16.4. The van der Waals surface area contributed by atoms with Gasteiger partial charge < -0.3 is 24.5 Å². The molecule has 8 heteroatoms. The van der Waals surface area contributed by atoms with Crippen molar-refractivity contribution in [2.45, 2.75) is 6.42 Å². The van der Waals surface area contributed by atoms with Crippen LogP contribution in [0.1, 0.15) is 5.56 Å². The molecule has 1 aliphatic heterocycles. The molecule has 30 heavy (non-hydrogen) atoms. The summed E-state index contributed by atoms with van der Waals surface area (Å²) in [6.45, 7) is 0. The zero-order valence-electron chi connectivity index (χ0n) is 16.4. The van der Waals surface area contributed by atoms with E-state index in [0.717, 1.165) is 11.1 Å². The number of nitrogens with one attached hydrogen (secondary N) is 2. The maximum Gasteiger partial charge on any atom is 0.229 e. The molecule has 0 fully saturated rings. The molecule has 0 bridgehead atoms. The van der Waals surface area contributed by atoms with Crippen LogP contribution in [0.25, 0.3) is 22.4 Å². The number of rotatable bonds is 4. The van der Waals surface area contributed by atoms with E-state index in [-0.39, 0.29) is 12.3 Å². The first-order chi connectivity index (χ1) is 14.7. The highest BCUT2D eigenvalue weighted by Crippen LogP contribution is 2.40. The van der Waals surface area contributed by atoms with Crippen molar-refractivity contribution >= 4 is 34.2 Å². The molecule has 5 rings (SSSR count). The summed E-state index contributed by atoms with van der Waals surface area (Å²) in [6, 6.07) is 13.0. The lowest BCUT2D eigenvalue weighted by Crippen LogP contribution is -2.12. The fourth-order valence-electron chi connectivity index (χ4n) is 3.53. The van der Waals surface area contributed by atoms with Gasteiger partial charge in [-0.05, 0) is 24.3 Å². The molecule has 8 nitrogen and oxygen atoms in total. The highest BCUT2D eigenvalue weighted by atomic mass is 16.5. The standard InChI is InChI=1S/C22H18N4O4/c1-28-16-8-7-13(10-17(16)29-2)24-22-23-11-12-9-18(27)25-20-14-5-3-4-6-15(14)30-21(20)19(12)26-22/h3-8,10-11H,9H2,1-2H3,(H,25,27)(H,23,24,26). The maximum atomic E-state index is 12.4. The van der Waals surface area contributed by atoms with Crippen molar-refractivity contribution in [3.05, 3.63) is 54.2 Å². The molecule has 0 spiro atoms. The Morgan fingerprint density at radius 2 is 1.93 bits per heavy atom. The molecule has 0 radical (unpaired) electrons. The minimum atomic E-state index is -0.134. The van der Waals surface area contributed by atoms with Crippen molar-refractivity contribution in [2.24, 2.45) is 0 Å². The van der Waals surface area contributed by atoms with Gasteiger partial charge in [-0.3, -0.25) is 4.79 Å². The minimum Gasteiger partial charge on any atom is -0.493 e. The van der Waals surface area contributed by atoms with E-state index < -0.39 is 0 Å². The Hall–Kier alpha value is -4.07. The van der Waals surface area contributed by atoms with Crippen LogP contribution in [0.2, 0.25) is 0 Å². The fraction of sp³-hybridized carbons (Fsp3) is 0.136. The van der Waals surface area contributed by atoms with E-state index in [1.165, 1.54) is 0 Å². The van der Waals surface area contributed by atoms with Crippen LogP contribution in [0, 0.1) is 0 Å². The van der Waals surface area contributed by atoms with Crippen LogP contribution >= 0.6 is 0 Å². The lowest BCUT2D eigenvalue weighted by atomic mass is 10.1. The van der Waals surface area contributed by atoms with Gasteiger partial charge in [-0.25, -0.2) is 9.97 Å². The molecule has 0 atom stereocenters. The summed E-state index contributed by atoms with van der Waals surface area (Å²) < 4.78 is 16.7. The number of methoxy groups -OCH3 is 2. The second-order valence-electron chi connectivity index (χ2n) is 6.79. The van der Waals surface area contributed by atoms with Crippen molar-refractivity contribution in [3.63, 3.8) is 0 Å². The predicted octanol–water partition coefficient (Wildman–Crippen LogP) is 4.15. The van der Waals surface area contributed by atoms with Crippen molar-refractivity contribution in [1.29, 1.82) is 0 Å². The summed E-state index contributed by atoms with van der Waals surface area (Å²) in [5.74, 6) is 1.98. The van der Waals surface area contributed by atoms with Gasteiger partial charge in [0.15, 0.2) is 17.3 Å². The molecule has 0 unspecified atom stereocenters. The van der Waals surface area contributed by atoms with Gasteiger partial charge in [0.25, 0.3) is 0 Å². The van der Waals surface area contributed by atoms with E-state index in [1.807, 2.05) is 30.3 Å². The molecule has 4 aromatic rings. The van der Waals surface area contributed by atoms with Crippen molar-refractivity contribution < 1.29 is 18.7 Å². The zero-order chi connectivity index (χ0) is 20.7. The second-order valence-corrected chi connectivity index (χ2v) is 6.79. The number of anilines is 3. The largest absolute Gasteiger partial charge is 0.493 e. The van der Waals surface area contributed by atoms with Crippen molar-refractivity contribution in [2.75, 3.05) is 24.9 Å². The highest BCUT2D eigenvalue weighted by Gasteiger charge is 2.26. The van der Waals surface area contributed by atoms with E-state index in [2.05, 4.69) is 20.6 Å². The van der Waals surface area contributed by atoms with E-state index >= 15 is 0 Å². The fourth-order valence-corrected chi connectivity index (χ4v) is 3.53. The van der Waals surface area contributed by atoms with Gasteiger partial charge in [0, 0.05) is 28.9 Å². The van der Waals surface area contributed by atoms with Gasteiger partial charge in [0.1, 0.15) is 11.3 Å². The number of aromatic nitrogens is 2. The summed E-state index contributed by atoms with van der Waals surface area (Å²) in [5.41, 5.74) is 3.33. The number of para-hydroxylation sites is 1. The van der Waals surface area contributed by atoms with Crippen LogP contribution in [0.15, 0.2) is 53.1 Å². The number of furan rings is 1. The molecule has 1 amide bonds. The Bertz CT molecular complexity index is 1280. The Morgan fingerprint density at radius 3 is 2.77 bits per heavy atom. The van der Waals surface area contributed by atoms with E-state index in [9.17, 15) is 4.79 Å². The quantitative estimate of drug-likeness (QED) is 0.529. The van der Waals surface area contributed by atoms with E-state index in [0.29, 0.717) is 45.7 Å². The molecule has 1 aliphatic rings. The van der Waals surface area contributed by atoms with Gasteiger partial charge in [-0.15, -0.1) is 0 Å². The summed E-state index contributed by atoms with van der Waals surface area (Å²) in [6.07, 6.45) is 1.82. The highest BCUT2D eigenvalue weighted by molar-refractivity contribution is 6.08. The molecule has 2 aromatic heterocycles. The number of benzene rings is 2. The molecular weight excluding hydrogens is 384 g/mol. The third kappa shape index (κ3) is 2.98. The second kappa shape index (κ2) is 7.07. The van der Waals surface area contributed by atoms with Gasteiger partial charge in [-0.2, -0.15) is 0 Å².